The van der Waals surface area contributed by atoms with Gasteiger partial charge in [-0.3, -0.25) is 0 Å². The number of alkyl halides is 3. The van der Waals surface area contributed by atoms with Crippen LogP contribution in [0.1, 0.15) is 34.8 Å². The van der Waals surface area contributed by atoms with Crippen LogP contribution in [-0.2, 0) is 12.6 Å². The molecular formula is C19H19F3N2O3. The predicted molar refractivity (Wildman–Crippen MR) is 91.5 cm³/mol. The lowest BCUT2D eigenvalue weighted by Crippen LogP contribution is -2.02. The van der Waals surface area contributed by atoms with Crippen molar-refractivity contribution in [2.45, 2.75) is 39.8 Å². The van der Waals surface area contributed by atoms with Crippen LogP contribution in [-0.4, -0.2) is 16.9 Å². The van der Waals surface area contributed by atoms with Crippen LogP contribution in [0.4, 0.5) is 13.2 Å². The molecule has 0 saturated heterocycles. The van der Waals surface area contributed by atoms with Crippen molar-refractivity contribution in [2.24, 2.45) is 0 Å². The zero-order chi connectivity index (χ0) is 19.6. The Hall–Kier alpha value is -2.77. The van der Waals surface area contributed by atoms with Crippen molar-refractivity contribution < 1.29 is 27.0 Å². The molecule has 0 bridgehead atoms. The van der Waals surface area contributed by atoms with Gasteiger partial charge in [0.2, 0.25) is 5.76 Å². The molecule has 3 aromatic rings. The second kappa shape index (κ2) is 7.46. The number of benzene rings is 1. The first kappa shape index (κ1) is 19.0. The number of aryl methyl sites for hydroxylation is 4. The maximum atomic E-state index is 12.7. The number of hydrogen-bond donors (Lipinski definition) is 0. The van der Waals surface area contributed by atoms with Crippen LogP contribution in [0.5, 0.6) is 5.75 Å². The molecule has 0 atom stereocenters. The number of halogens is 3. The predicted octanol–water partition coefficient (Wildman–Crippen LogP) is 5.29. The normalized spacial score (nSPS) is 11.8. The number of rotatable bonds is 6. The van der Waals surface area contributed by atoms with E-state index in [-0.39, 0.29) is 5.69 Å². The maximum absolute atomic E-state index is 12.7. The molecule has 0 aliphatic carbocycles. The van der Waals surface area contributed by atoms with Crippen molar-refractivity contribution in [3.05, 3.63) is 52.6 Å². The summed E-state index contributed by atoms with van der Waals surface area (Å²) in [5.74, 6) is 0.411. The van der Waals surface area contributed by atoms with E-state index in [1.807, 2.05) is 26.8 Å². The molecule has 144 valence electrons. The third-order valence-corrected chi connectivity index (χ3v) is 4.04. The molecule has 2 heterocycles. The largest absolute Gasteiger partial charge is 0.493 e. The van der Waals surface area contributed by atoms with Gasteiger partial charge >= 0.3 is 6.18 Å². The highest BCUT2D eigenvalue weighted by atomic mass is 19.4. The van der Waals surface area contributed by atoms with E-state index < -0.39 is 11.9 Å². The van der Waals surface area contributed by atoms with Crippen molar-refractivity contribution in [3.63, 3.8) is 0 Å². The SMILES string of the molecule is Cc1cc(CCCOc2c(C)cc(-c3cc(C(F)(F)F)on3)cc2C)on1. The maximum Gasteiger partial charge on any atom is 0.452 e. The summed E-state index contributed by atoms with van der Waals surface area (Å²) < 4.78 is 53.4. The van der Waals surface area contributed by atoms with Gasteiger partial charge in [-0.2, -0.15) is 13.2 Å². The Kier molecular flexibility index (Phi) is 5.25. The number of aromatic nitrogens is 2. The quantitative estimate of drug-likeness (QED) is 0.544. The van der Waals surface area contributed by atoms with E-state index in [4.69, 9.17) is 9.26 Å². The average molecular weight is 380 g/mol. The lowest BCUT2D eigenvalue weighted by molar-refractivity contribution is -0.155. The fourth-order valence-corrected chi connectivity index (χ4v) is 2.83. The van der Waals surface area contributed by atoms with E-state index in [0.29, 0.717) is 17.9 Å². The Morgan fingerprint density at radius 3 is 2.22 bits per heavy atom. The summed E-state index contributed by atoms with van der Waals surface area (Å²) in [6.45, 7) is 6.04. The van der Waals surface area contributed by atoms with Crippen molar-refractivity contribution >= 4 is 0 Å². The van der Waals surface area contributed by atoms with Crippen molar-refractivity contribution in [1.29, 1.82) is 0 Å². The Balaban J connectivity index is 1.66. The van der Waals surface area contributed by atoms with Crippen LogP contribution in [0.25, 0.3) is 11.3 Å². The second-order valence-corrected chi connectivity index (χ2v) is 6.40. The Labute approximate surface area is 154 Å². The molecule has 0 aliphatic rings. The van der Waals surface area contributed by atoms with Crippen LogP contribution in [0.3, 0.4) is 0 Å². The van der Waals surface area contributed by atoms with Crippen molar-refractivity contribution in [3.8, 4) is 17.0 Å². The smallest absolute Gasteiger partial charge is 0.452 e. The highest BCUT2D eigenvalue weighted by molar-refractivity contribution is 5.64. The molecule has 0 N–H and O–H groups in total. The van der Waals surface area contributed by atoms with E-state index in [2.05, 4.69) is 14.8 Å². The van der Waals surface area contributed by atoms with Gasteiger partial charge in [0, 0.05) is 24.1 Å². The molecule has 1 aromatic carbocycles. The average Bonchev–Trinajstić information content (AvgIpc) is 3.22. The second-order valence-electron chi connectivity index (χ2n) is 6.40. The van der Waals surface area contributed by atoms with E-state index >= 15 is 0 Å². The third-order valence-electron chi connectivity index (χ3n) is 4.04. The zero-order valence-electron chi connectivity index (χ0n) is 15.2. The van der Waals surface area contributed by atoms with Crippen LogP contribution >= 0.6 is 0 Å². The van der Waals surface area contributed by atoms with Gasteiger partial charge in [0.25, 0.3) is 0 Å². The van der Waals surface area contributed by atoms with Crippen LogP contribution in [0.15, 0.2) is 33.3 Å². The molecule has 0 unspecified atom stereocenters. The van der Waals surface area contributed by atoms with Crippen molar-refractivity contribution in [2.75, 3.05) is 6.61 Å². The molecule has 0 radical (unpaired) electrons. The topological polar surface area (TPSA) is 61.3 Å². The highest BCUT2D eigenvalue weighted by Crippen LogP contribution is 2.34. The first-order chi connectivity index (χ1) is 12.7. The minimum Gasteiger partial charge on any atom is -0.493 e. The van der Waals surface area contributed by atoms with E-state index in [1.165, 1.54) is 0 Å². The van der Waals surface area contributed by atoms with E-state index in [1.54, 1.807) is 12.1 Å². The summed E-state index contributed by atoms with van der Waals surface area (Å²) in [5.41, 5.74) is 3.17. The van der Waals surface area contributed by atoms with Gasteiger partial charge in [-0.05, 0) is 50.5 Å². The molecule has 0 fully saturated rings. The fourth-order valence-electron chi connectivity index (χ4n) is 2.83. The number of ether oxygens (including phenoxy) is 1. The van der Waals surface area contributed by atoms with Crippen LogP contribution < -0.4 is 4.74 Å². The molecule has 0 aliphatic heterocycles. The van der Waals surface area contributed by atoms with Gasteiger partial charge in [-0.25, -0.2) is 0 Å². The van der Waals surface area contributed by atoms with Gasteiger partial charge in [-0.1, -0.05) is 10.3 Å². The molecule has 0 amide bonds. The summed E-state index contributed by atoms with van der Waals surface area (Å²) in [6, 6.07) is 6.26. The van der Waals surface area contributed by atoms with Gasteiger partial charge in [0.1, 0.15) is 17.2 Å². The molecule has 27 heavy (non-hydrogen) atoms. The lowest BCUT2D eigenvalue weighted by Gasteiger charge is -2.13. The molecule has 0 spiro atoms. The minimum absolute atomic E-state index is 0.140. The first-order valence-corrected chi connectivity index (χ1v) is 8.44. The van der Waals surface area contributed by atoms with Gasteiger partial charge in [0.15, 0.2) is 0 Å². The minimum atomic E-state index is -4.56. The van der Waals surface area contributed by atoms with Gasteiger partial charge in [0.05, 0.1) is 12.3 Å². The molecule has 0 saturated carbocycles. The Morgan fingerprint density at radius 1 is 0.963 bits per heavy atom. The van der Waals surface area contributed by atoms with Gasteiger partial charge < -0.3 is 13.8 Å². The molecule has 3 rings (SSSR count). The fraction of sp³-hybridized carbons (Fsp3) is 0.368. The van der Waals surface area contributed by atoms with Gasteiger partial charge in [-0.15, -0.1) is 0 Å². The molecular weight excluding hydrogens is 361 g/mol. The van der Waals surface area contributed by atoms with Crippen LogP contribution in [0, 0.1) is 20.8 Å². The number of nitrogens with zero attached hydrogens (tertiary/aromatic N) is 2. The lowest BCUT2D eigenvalue weighted by atomic mass is 10.0. The first-order valence-electron chi connectivity index (χ1n) is 8.44. The van der Waals surface area contributed by atoms with Crippen molar-refractivity contribution in [1.82, 2.24) is 10.3 Å². The van der Waals surface area contributed by atoms with E-state index in [9.17, 15) is 13.2 Å². The summed E-state index contributed by atoms with van der Waals surface area (Å²) in [4.78, 5) is 0. The monoisotopic (exact) mass is 380 g/mol. The van der Waals surface area contributed by atoms with Crippen LogP contribution in [0.2, 0.25) is 0 Å². The molecule has 5 nitrogen and oxygen atoms in total. The standard InChI is InChI=1S/C19H19F3N2O3/c1-11-7-14(16-10-17(27-24-16)19(20,21)22)8-12(2)18(11)25-6-4-5-15-9-13(3)23-26-15/h7-10H,4-6H2,1-3H3. The summed E-state index contributed by atoms with van der Waals surface area (Å²) in [7, 11) is 0. The Morgan fingerprint density at radius 2 is 1.67 bits per heavy atom. The molecule has 2 aromatic heterocycles. The zero-order valence-corrected chi connectivity index (χ0v) is 15.2. The summed E-state index contributed by atoms with van der Waals surface area (Å²) in [6.07, 6.45) is -3.08. The Bertz CT molecular complexity index is 905. The van der Waals surface area contributed by atoms with E-state index in [0.717, 1.165) is 41.5 Å². The summed E-state index contributed by atoms with van der Waals surface area (Å²) in [5, 5.41) is 7.36. The number of hydrogen-bond acceptors (Lipinski definition) is 5. The highest BCUT2D eigenvalue weighted by Gasteiger charge is 2.36. The third kappa shape index (κ3) is 4.50. The summed E-state index contributed by atoms with van der Waals surface area (Å²) >= 11 is 0. The molecule has 8 heteroatoms.